The standard InChI is InChI=1S/C25H25F3N4O4/c1-13-5-6-32-18(10-15-12-31(7-8-36-15)25(34)35-2)23(30-19(32)9-13)20-17(26)11-16(21(27)22(20)28)24(33)29-14-3-4-14/h5-6,9,11,14-15H,3-4,7-8,10,12H2,1-2H3,(H,29,33)/t15-/m0/s1. The summed E-state index contributed by atoms with van der Waals surface area (Å²) < 4.78 is 58.0. The number of nitrogens with one attached hydrogen (secondary N) is 1. The predicted molar refractivity (Wildman–Crippen MR) is 123 cm³/mol. The molecule has 8 nitrogen and oxygen atoms in total. The van der Waals surface area contributed by atoms with E-state index in [9.17, 15) is 9.59 Å². The van der Waals surface area contributed by atoms with Gasteiger partial charge < -0.3 is 24.1 Å². The molecule has 3 heterocycles. The first-order valence-electron chi connectivity index (χ1n) is 11.7. The van der Waals surface area contributed by atoms with Gasteiger partial charge in [0.25, 0.3) is 5.91 Å². The van der Waals surface area contributed by atoms with E-state index in [1.54, 1.807) is 16.7 Å². The Balaban J connectivity index is 1.57. The zero-order valence-corrected chi connectivity index (χ0v) is 19.8. The van der Waals surface area contributed by atoms with Crippen LogP contribution in [0.4, 0.5) is 18.0 Å². The van der Waals surface area contributed by atoms with E-state index in [0.717, 1.165) is 18.4 Å². The summed E-state index contributed by atoms with van der Waals surface area (Å²) >= 11 is 0. The number of amides is 2. The molecular formula is C25H25F3N4O4. The van der Waals surface area contributed by atoms with Gasteiger partial charge in [-0.15, -0.1) is 0 Å². The molecule has 1 aliphatic carbocycles. The van der Waals surface area contributed by atoms with Gasteiger partial charge in [-0.3, -0.25) is 4.79 Å². The molecule has 2 fully saturated rings. The minimum absolute atomic E-state index is 0.0950. The van der Waals surface area contributed by atoms with E-state index >= 15 is 13.2 Å². The third-order valence-electron chi connectivity index (χ3n) is 6.43. The molecule has 0 bridgehead atoms. The highest BCUT2D eigenvalue weighted by Crippen LogP contribution is 2.34. The van der Waals surface area contributed by atoms with Crippen LogP contribution in [0, 0.1) is 24.4 Å². The second kappa shape index (κ2) is 9.45. The molecule has 1 N–H and O–H groups in total. The summed E-state index contributed by atoms with van der Waals surface area (Å²) in [5.74, 6) is -4.88. The van der Waals surface area contributed by atoms with Crippen molar-refractivity contribution in [3.63, 3.8) is 0 Å². The quantitative estimate of drug-likeness (QED) is 0.539. The van der Waals surface area contributed by atoms with Gasteiger partial charge in [-0.1, -0.05) is 0 Å². The van der Waals surface area contributed by atoms with E-state index in [1.807, 2.05) is 13.0 Å². The van der Waals surface area contributed by atoms with Crippen molar-refractivity contribution in [1.82, 2.24) is 19.6 Å². The number of aryl methyl sites for hydroxylation is 1. The van der Waals surface area contributed by atoms with Crippen molar-refractivity contribution in [2.75, 3.05) is 26.8 Å². The van der Waals surface area contributed by atoms with Crippen molar-refractivity contribution in [3.8, 4) is 11.3 Å². The number of rotatable bonds is 5. The molecule has 0 unspecified atom stereocenters. The lowest BCUT2D eigenvalue weighted by atomic mass is 10.0. The normalized spacial score (nSPS) is 17.9. The molecule has 11 heteroatoms. The second-order valence-electron chi connectivity index (χ2n) is 9.11. The SMILES string of the molecule is COC(=O)N1CCO[C@@H](Cc2c(-c3c(F)cc(C(=O)NC4CC4)c(F)c3F)nc3cc(C)ccn23)C1. The van der Waals surface area contributed by atoms with Crippen molar-refractivity contribution >= 4 is 17.6 Å². The summed E-state index contributed by atoms with van der Waals surface area (Å²) in [7, 11) is 1.28. The minimum Gasteiger partial charge on any atom is -0.453 e. The van der Waals surface area contributed by atoms with Crippen LogP contribution in [0.5, 0.6) is 0 Å². The minimum atomic E-state index is -1.49. The molecule has 1 aliphatic heterocycles. The number of imidazole rings is 1. The van der Waals surface area contributed by atoms with Crippen molar-refractivity contribution in [2.24, 2.45) is 0 Å². The van der Waals surface area contributed by atoms with Crippen LogP contribution in [0.25, 0.3) is 16.9 Å². The zero-order chi connectivity index (χ0) is 25.6. The monoisotopic (exact) mass is 502 g/mol. The Labute approximate surface area is 205 Å². The lowest BCUT2D eigenvalue weighted by Gasteiger charge is -2.32. The fourth-order valence-corrected chi connectivity index (χ4v) is 4.41. The largest absolute Gasteiger partial charge is 0.453 e. The molecule has 0 radical (unpaired) electrons. The van der Waals surface area contributed by atoms with Crippen molar-refractivity contribution in [3.05, 3.63) is 58.7 Å². The molecule has 1 saturated heterocycles. The summed E-state index contributed by atoms with van der Waals surface area (Å²) in [6, 6.07) is 4.15. The second-order valence-corrected chi connectivity index (χ2v) is 9.11. The number of fused-ring (bicyclic) bond motifs is 1. The number of morpholine rings is 1. The maximum absolute atomic E-state index is 15.4. The van der Waals surface area contributed by atoms with Crippen molar-refractivity contribution in [2.45, 2.75) is 38.3 Å². The number of ether oxygens (including phenoxy) is 2. The number of methoxy groups -OCH3 is 1. The van der Waals surface area contributed by atoms with Crippen LogP contribution in [0.1, 0.15) is 34.5 Å². The van der Waals surface area contributed by atoms with Crippen LogP contribution in [-0.4, -0.2) is 65.2 Å². The van der Waals surface area contributed by atoms with Crippen molar-refractivity contribution in [1.29, 1.82) is 0 Å². The van der Waals surface area contributed by atoms with Gasteiger partial charge in [-0.25, -0.2) is 22.9 Å². The Morgan fingerprint density at radius 3 is 2.72 bits per heavy atom. The molecule has 1 atom stereocenters. The van der Waals surface area contributed by atoms with E-state index in [-0.39, 0.29) is 31.3 Å². The number of aromatic nitrogens is 2. The van der Waals surface area contributed by atoms with E-state index in [1.165, 1.54) is 12.0 Å². The molecule has 5 rings (SSSR count). The van der Waals surface area contributed by atoms with Gasteiger partial charge in [0, 0.05) is 25.2 Å². The summed E-state index contributed by atoms with van der Waals surface area (Å²) in [6.45, 7) is 2.65. The Morgan fingerprint density at radius 1 is 1.22 bits per heavy atom. The Kier molecular flexibility index (Phi) is 6.33. The fourth-order valence-electron chi connectivity index (χ4n) is 4.41. The number of carbonyl (C=O) groups excluding carboxylic acids is 2. The highest BCUT2D eigenvalue weighted by Gasteiger charge is 2.32. The van der Waals surface area contributed by atoms with Crippen LogP contribution in [0.3, 0.4) is 0 Å². The highest BCUT2D eigenvalue weighted by atomic mass is 19.2. The number of halogens is 3. The summed E-state index contributed by atoms with van der Waals surface area (Å²) in [6.07, 6.45) is 2.32. The number of pyridine rings is 1. The van der Waals surface area contributed by atoms with Gasteiger partial charge in [0.2, 0.25) is 0 Å². The average Bonchev–Trinajstić information content (AvgIpc) is 3.61. The zero-order valence-electron chi connectivity index (χ0n) is 19.8. The molecule has 36 heavy (non-hydrogen) atoms. The lowest BCUT2D eigenvalue weighted by Crippen LogP contribution is -2.46. The van der Waals surface area contributed by atoms with Crippen LogP contribution in [0.15, 0.2) is 24.4 Å². The van der Waals surface area contributed by atoms with E-state index in [0.29, 0.717) is 24.0 Å². The summed E-state index contributed by atoms with van der Waals surface area (Å²) in [4.78, 5) is 30.2. The number of hydrogen-bond acceptors (Lipinski definition) is 5. The van der Waals surface area contributed by atoms with Gasteiger partial charge in [-0.05, 0) is 43.5 Å². The first kappa shape index (κ1) is 24.1. The smallest absolute Gasteiger partial charge is 0.409 e. The maximum atomic E-state index is 15.4. The molecular weight excluding hydrogens is 477 g/mol. The topological polar surface area (TPSA) is 85.2 Å². The molecule has 2 amide bonds. The third-order valence-corrected chi connectivity index (χ3v) is 6.43. The van der Waals surface area contributed by atoms with Gasteiger partial charge in [0.15, 0.2) is 11.6 Å². The number of hydrogen-bond donors (Lipinski definition) is 1. The number of benzene rings is 1. The molecule has 2 aromatic heterocycles. The maximum Gasteiger partial charge on any atom is 0.409 e. The lowest BCUT2D eigenvalue weighted by molar-refractivity contribution is -0.0241. The molecule has 190 valence electrons. The van der Waals surface area contributed by atoms with Crippen molar-refractivity contribution < 1.29 is 32.2 Å². The summed E-state index contributed by atoms with van der Waals surface area (Å²) in [5.41, 5.74) is 0.223. The molecule has 0 spiro atoms. The molecule has 2 aliphatic rings. The molecule has 1 saturated carbocycles. The third kappa shape index (κ3) is 4.50. The van der Waals surface area contributed by atoms with E-state index in [4.69, 9.17) is 9.47 Å². The van der Waals surface area contributed by atoms with Gasteiger partial charge in [-0.2, -0.15) is 0 Å². The van der Waals surface area contributed by atoms with Crippen LogP contribution >= 0.6 is 0 Å². The predicted octanol–water partition coefficient (Wildman–Crippen LogP) is 3.63. The number of carbonyl (C=O) groups is 2. The van der Waals surface area contributed by atoms with Gasteiger partial charge in [0.05, 0.1) is 48.9 Å². The van der Waals surface area contributed by atoms with Gasteiger partial charge in [0.1, 0.15) is 11.5 Å². The fraction of sp³-hybridized carbons (Fsp3) is 0.400. The first-order valence-corrected chi connectivity index (χ1v) is 11.7. The number of nitrogens with zero attached hydrogens (tertiary/aromatic N) is 3. The molecule has 3 aromatic rings. The summed E-state index contributed by atoms with van der Waals surface area (Å²) in [5, 5.41) is 2.55. The van der Waals surface area contributed by atoms with Crippen LogP contribution in [-0.2, 0) is 15.9 Å². The average molecular weight is 502 g/mol. The molecule has 1 aromatic carbocycles. The van der Waals surface area contributed by atoms with E-state index in [2.05, 4.69) is 10.3 Å². The van der Waals surface area contributed by atoms with Gasteiger partial charge >= 0.3 is 6.09 Å². The first-order chi connectivity index (χ1) is 17.3. The van der Waals surface area contributed by atoms with Crippen LogP contribution in [0.2, 0.25) is 0 Å². The Morgan fingerprint density at radius 2 is 2.00 bits per heavy atom. The Bertz CT molecular complexity index is 1360. The highest BCUT2D eigenvalue weighted by molar-refractivity contribution is 5.95. The van der Waals surface area contributed by atoms with E-state index < -0.39 is 46.7 Å². The Hall–Kier alpha value is -3.60. The van der Waals surface area contributed by atoms with Crippen LogP contribution < -0.4 is 5.32 Å².